The number of amides is 1. The highest BCUT2D eigenvalue weighted by Crippen LogP contribution is 2.32. The fourth-order valence-corrected chi connectivity index (χ4v) is 6.68. The first-order valence-electron chi connectivity index (χ1n) is 9.73. The number of carbonyl (C=O) groups excluding carboxylic acids is 1. The molecule has 10 heteroatoms. The summed E-state index contributed by atoms with van der Waals surface area (Å²) >= 11 is 10.2. The van der Waals surface area contributed by atoms with Crippen LogP contribution in [0.15, 0.2) is 45.4 Å². The van der Waals surface area contributed by atoms with E-state index in [4.69, 9.17) is 11.6 Å². The zero-order valence-electron chi connectivity index (χ0n) is 17.4. The van der Waals surface area contributed by atoms with Gasteiger partial charge in [0.25, 0.3) is 11.5 Å². The quantitative estimate of drug-likeness (QED) is 0.365. The average Bonchev–Trinajstić information content (AvgIpc) is 3.33. The van der Waals surface area contributed by atoms with Gasteiger partial charge in [-0.3, -0.25) is 9.59 Å². The van der Waals surface area contributed by atoms with Crippen molar-refractivity contribution in [1.29, 1.82) is 0 Å². The second kappa shape index (κ2) is 8.15. The Morgan fingerprint density at radius 2 is 1.97 bits per heavy atom. The molecular weight excluding hydrogens is 484 g/mol. The molecule has 0 fully saturated rings. The minimum absolute atomic E-state index is 0.245. The molecule has 3 aromatic heterocycles. The Kier molecular flexibility index (Phi) is 5.45. The predicted octanol–water partition coefficient (Wildman–Crippen LogP) is 5.71. The van der Waals surface area contributed by atoms with E-state index >= 15 is 0 Å². The topological polar surface area (TPSA) is 76.3 Å². The molecule has 0 saturated heterocycles. The van der Waals surface area contributed by atoms with Gasteiger partial charge in [-0.05, 0) is 50.1 Å². The number of carbonyl (C=O) groups is 1. The lowest BCUT2D eigenvalue weighted by Crippen LogP contribution is -2.25. The molecule has 5 rings (SSSR count). The number of anilines is 1. The summed E-state index contributed by atoms with van der Waals surface area (Å²) < 4.78 is 2.01. The molecule has 1 amide bonds. The molecule has 1 N–H and O–H groups in total. The summed E-state index contributed by atoms with van der Waals surface area (Å²) in [5.74, 6) is 0.351. The number of benzene rings is 1. The summed E-state index contributed by atoms with van der Waals surface area (Å²) in [7, 11) is 0. The first-order chi connectivity index (χ1) is 15.3. The van der Waals surface area contributed by atoms with Gasteiger partial charge in [-0.25, -0.2) is 4.98 Å². The maximum atomic E-state index is 13.3. The molecule has 0 atom stereocenters. The molecule has 1 aromatic carbocycles. The van der Waals surface area contributed by atoms with Crippen molar-refractivity contribution in [3.63, 3.8) is 0 Å². The normalized spacial score (nSPS) is 13.2. The lowest BCUT2D eigenvalue weighted by Gasteiger charge is -2.14. The standard InChI is InChI=1S/C22H17ClN4O2S3/c1-10-4-5-13(11(2)8-10)24-19(28)18-12(3)17-20(32-18)25-22-27(21(17)29)26-14(9-30-22)15-6-7-16(23)31-15/h4-8H,9H2,1-3H3,(H,24,28). The predicted molar refractivity (Wildman–Crippen MR) is 134 cm³/mol. The maximum Gasteiger partial charge on any atom is 0.283 e. The van der Waals surface area contributed by atoms with E-state index in [1.165, 1.54) is 39.1 Å². The number of thioether (sulfide) groups is 1. The molecule has 0 unspecified atom stereocenters. The van der Waals surface area contributed by atoms with Crippen molar-refractivity contribution >= 4 is 73.6 Å². The van der Waals surface area contributed by atoms with Crippen LogP contribution in [0.25, 0.3) is 10.2 Å². The lowest BCUT2D eigenvalue weighted by molar-refractivity contribution is 0.103. The van der Waals surface area contributed by atoms with Crippen molar-refractivity contribution < 1.29 is 4.79 Å². The summed E-state index contributed by atoms with van der Waals surface area (Å²) in [4.78, 5) is 32.9. The number of rotatable bonds is 3. The first kappa shape index (κ1) is 21.4. The summed E-state index contributed by atoms with van der Waals surface area (Å²) in [6, 6.07) is 9.58. The van der Waals surface area contributed by atoms with Crippen LogP contribution in [-0.4, -0.2) is 27.0 Å². The Bertz CT molecular complexity index is 1500. The zero-order valence-corrected chi connectivity index (χ0v) is 20.6. The molecule has 0 bridgehead atoms. The largest absolute Gasteiger partial charge is 0.321 e. The third kappa shape index (κ3) is 3.69. The van der Waals surface area contributed by atoms with E-state index in [2.05, 4.69) is 15.4 Å². The van der Waals surface area contributed by atoms with Crippen molar-refractivity contribution in [2.24, 2.45) is 5.10 Å². The highest BCUT2D eigenvalue weighted by Gasteiger charge is 2.25. The number of hydrogen-bond acceptors (Lipinski definition) is 7. The van der Waals surface area contributed by atoms with Crippen LogP contribution in [0.5, 0.6) is 0 Å². The summed E-state index contributed by atoms with van der Waals surface area (Å²) in [6.45, 7) is 5.75. The van der Waals surface area contributed by atoms with Gasteiger partial charge in [0.2, 0.25) is 0 Å². The number of aromatic nitrogens is 2. The van der Waals surface area contributed by atoms with E-state index in [0.29, 0.717) is 35.9 Å². The number of aryl methyl sites for hydroxylation is 3. The number of halogens is 1. The van der Waals surface area contributed by atoms with Gasteiger partial charge in [-0.2, -0.15) is 9.78 Å². The van der Waals surface area contributed by atoms with Gasteiger partial charge in [0.1, 0.15) is 4.83 Å². The van der Waals surface area contributed by atoms with Crippen LogP contribution < -0.4 is 10.9 Å². The van der Waals surface area contributed by atoms with Gasteiger partial charge in [-0.1, -0.05) is 41.1 Å². The summed E-state index contributed by atoms with van der Waals surface area (Å²) in [6.07, 6.45) is 0. The Morgan fingerprint density at radius 1 is 1.16 bits per heavy atom. The van der Waals surface area contributed by atoms with Crippen LogP contribution in [0.2, 0.25) is 4.34 Å². The Hall–Kier alpha value is -2.46. The average molecular weight is 501 g/mol. The number of nitrogens with one attached hydrogen (secondary N) is 1. The monoisotopic (exact) mass is 500 g/mol. The SMILES string of the molecule is Cc1ccc(NC(=O)c2sc3nc4n(c(=O)c3c2C)N=C(c2ccc(Cl)s2)CS4)c(C)c1. The molecule has 1 aliphatic rings. The molecule has 4 aromatic rings. The Morgan fingerprint density at radius 3 is 2.69 bits per heavy atom. The zero-order chi connectivity index (χ0) is 22.6. The van der Waals surface area contributed by atoms with Crippen molar-refractivity contribution in [1.82, 2.24) is 9.66 Å². The van der Waals surface area contributed by atoms with E-state index in [1.807, 2.05) is 44.2 Å². The number of thiophene rings is 2. The van der Waals surface area contributed by atoms with Crippen molar-refractivity contribution in [2.45, 2.75) is 25.9 Å². The van der Waals surface area contributed by atoms with Crippen molar-refractivity contribution in [3.8, 4) is 0 Å². The van der Waals surface area contributed by atoms with Gasteiger partial charge < -0.3 is 5.32 Å². The van der Waals surface area contributed by atoms with Crippen molar-refractivity contribution in [3.05, 3.63) is 71.5 Å². The smallest absolute Gasteiger partial charge is 0.283 e. The molecule has 0 radical (unpaired) electrons. The van der Waals surface area contributed by atoms with Gasteiger partial charge >= 0.3 is 0 Å². The molecule has 4 heterocycles. The molecule has 0 spiro atoms. The third-order valence-corrected chi connectivity index (χ3v) is 8.57. The molecule has 1 aliphatic heterocycles. The Balaban J connectivity index is 1.56. The molecular formula is C22H17ClN4O2S3. The Labute approximate surface area is 201 Å². The lowest BCUT2D eigenvalue weighted by atomic mass is 10.1. The maximum absolute atomic E-state index is 13.3. The van der Waals surface area contributed by atoms with Crippen LogP contribution in [0.4, 0.5) is 5.69 Å². The highest BCUT2D eigenvalue weighted by atomic mass is 35.5. The van der Waals surface area contributed by atoms with Crippen LogP contribution in [0, 0.1) is 20.8 Å². The molecule has 162 valence electrons. The second-order valence-corrected chi connectivity index (χ2v) is 11.1. The molecule has 32 heavy (non-hydrogen) atoms. The van der Waals surface area contributed by atoms with Gasteiger partial charge in [0, 0.05) is 11.4 Å². The van der Waals surface area contributed by atoms with Gasteiger partial charge in [0.15, 0.2) is 5.16 Å². The summed E-state index contributed by atoms with van der Waals surface area (Å²) in [5, 5.41) is 8.48. The fourth-order valence-electron chi connectivity index (χ4n) is 3.56. The number of nitrogens with zero attached hydrogens (tertiary/aromatic N) is 3. The van der Waals surface area contributed by atoms with E-state index < -0.39 is 0 Å². The van der Waals surface area contributed by atoms with E-state index in [-0.39, 0.29) is 11.5 Å². The second-order valence-electron chi connectivity index (χ2n) is 7.46. The van der Waals surface area contributed by atoms with E-state index in [9.17, 15) is 9.59 Å². The summed E-state index contributed by atoms with van der Waals surface area (Å²) in [5.41, 5.74) is 3.99. The van der Waals surface area contributed by atoms with Crippen LogP contribution in [-0.2, 0) is 0 Å². The van der Waals surface area contributed by atoms with Gasteiger partial charge in [-0.15, -0.1) is 22.7 Å². The third-order valence-electron chi connectivity index (χ3n) is 5.17. The minimum Gasteiger partial charge on any atom is -0.321 e. The molecule has 0 saturated carbocycles. The first-order valence-corrected chi connectivity index (χ1v) is 12.7. The highest BCUT2D eigenvalue weighted by molar-refractivity contribution is 7.99. The van der Waals surface area contributed by atoms with Crippen LogP contribution in [0.1, 0.15) is 31.2 Å². The number of hydrogen-bond donors (Lipinski definition) is 1. The van der Waals surface area contributed by atoms with E-state index in [1.54, 1.807) is 6.92 Å². The van der Waals surface area contributed by atoms with Gasteiger partial charge in [0.05, 0.1) is 25.2 Å². The van der Waals surface area contributed by atoms with E-state index in [0.717, 1.165) is 27.4 Å². The van der Waals surface area contributed by atoms with Crippen molar-refractivity contribution in [2.75, 3.05) is 11.1 Å². The molecule has 0 aliphatic carbocycles. The molecule has 6 nitrogen and oxygen atoms in total. The number of fused-ring (bicyclic) bond motifs is 2. The van der Waals surface area contributed by atoms with Crippen LogP contribution >= 0.6 is 46.0 Å². The minimum atomic E-state index is -0.267. The fraction of sp³-hybridized carbons (Fsp3) is 0.182. The van der Waals surface area contributed by atoms with Crippen LogP contribution in [0.3, 0.4) is 0 Å².